The lowest BCUT2D eigenvalue weighted by Gasteiger charge is -2.22. The van der Waals surface area contributed by atoms with Gasteiger partial charge in [0.1, 0.15) is 6.10 Å². The molecule has 2 aromatic rings. The van der Waals surface area contributed by atoms with Crippen LogP contribution in [0.1, 0.15) is 47.4 Å². The topological polar surface area (TPSA) is 74.3 Å². The Bertz CT molecular complexity index is 843. The van der Waals surface area contributed by atoms with Crippen LogP contribution in [0.4, 0.5) is 5.82 Å². The van der Waals surface area contributed by atoms with E-state index in [4.69, 9.17) is 4.74 Å². The molecule has 7 heteroatoms. The average Bonchev–Trinajstić information content (AvgIpc) is 3.45. The number of aromatic nitrogens is 3. The molecule has 0 unspecified atom stereocenters. The minimum absolute atomic E-state index is 0.00601. The smallest absolute Gasteiger partial charge is 0.274 e. The van der Waals surface area contributed by atoms with Gasteiger partial charge in [0, 0.05) is 43.5 Å². The van der Waals surface area contributed by atoms with E-state index in [9.17, 15) is 4.79 Å². The number of fused-ring (bicyclic) bond motifs is 1. The van der Waals surface area contributed by atoms with Crippen LogP contribution in [0.25, 0.3) is 0 Å². The van der Waals surface area contributed by atoms with E-state index < -0.39 is 0 Å². The summed E-state index contributed by atoms with van der Waals surface area (Å²) in [5.74, 6) is 1.80. The van der Waals surface area contributed by atoms with Gasteiger partial charge in [0.2, 0.25) is 0 Å². The predicted octanol–water partition coefficient (Wildman–Crippen LogP) is 2.19. The van der Waals surface area contributed by atoms with Crippen LogP contribution < -0.4 is 9.64 Å². The molecule has 5 rings (SSSR count). The molecule has 1 amide bonds. The van der Waals surface area contributed by atoms with Gasteiger partial charge in [-0.25, -0.2) is 4.98 Å². The van der Waals surface area contributed by atoms with Crippen LogP contribution in [0.5, 0.6) is 5.75 Å². The molecule has 0 spiro atoms. The number of nitrogens with zero attached hydrogens (tertiary/aromatic N) is 4. The minimum Gasteiger partial charge on any atom is -0.485 e. The molecule has 0 aromatic carbocycles. The van der Waals surface area contributed by atoms with Crippen molar-refractivity contribution in [3.05, 3.63) is 35.3 Å². The second-order valence-electron chi connectivity index (χ2n) is 7.68. The van der Waals surface area contributed by atoms with Gasteiger partial charge in [-0.05, 0) is 44.2 Å². The van der Waals surface area contributed by atoms with E-state index in [1.54, 1.807) is 0 Å². The van der Waals surface area contributed by atoms with Crippen molar-refractivity contribution in [1.29, 1.82) is 0 Å². The maximum absolute atomic E-state index is 12.9. The molecule has 2 aromatic heterocycles. The van der Waals surface area contributed by atoms with Gasteiger partial charge in [-0.2, -0.15) is 5.10 Å². The van der Waals surface area contributed by atoms with Crippen LogP contribution in [-0.4, -0.2) is 58.3 Å². The quantitative estimate of drug-likeness (QED) is 0.897. The Morgan fingerprint density at radius 3 is 2.96 bits per heavy atom. The number of hydrogen-bond donors (Lipinski definition) is 1. The zero-order valence-electron chi connectivity index (χ0n) is 15.5. The third-order valence-corrected chi connectivity index (χ3v) is 5.89. The first kappa shape index (κ1) is 16.6. The average molecular weight is 367 g/mol. The summed E-state index contributed by atoms with van der Waals surface area (Å²) in [5, 5.41) is 7.32. The fraction of sp³-hybridized carbons (Fsp3) is 0.550. The number of hydrogen-bond acceptors (Lipinski definition) is 5. The summed E-state index contributed by atoms with van der Waals surface area (Å²) in [5.41, 5.74) is 2.87. The molecule has 0 radical (unpaired) electrons. The maximum Gasteiger partial charge on any atom is 0.274 e. The molecule has 142 valence electrons. The lowest BCUT2D eigenvalue weighted by molar-refractivity contribution is 0.0765. The first-order chi connectivity index (χ1) is 13.3. The number of ether oxygens (including phenoxy) is 1. The van der Waals surface area contributed by atoms with Gasteiger partial charge < -0.3 is 14.5 Å². The molecule has 1 atom stereocenters. The van der Waals surface area contributed by atoms with Crippen LogP contribution in [0.3, 0.4) is 0 Å². The fourth-order valence-corrected chi connectivity index (χ4v) is 4.48. The molecule has 0 bridgehead atoms. The third-order valence-electron chi connectivity index (χ3n) is 5.89. The molecule has 7 nitrogen and oxygen atoms in total. The van der Waals surface area contributed by atoms with Crippen molar-refractivity contribution < 1.29 is 9.53 Å². The molecular weight excluding hydrogens is 342 g/mol. The van der Waals surface area contributed by atoms with Crippen LogP contribution in [0.2, 0.25) is 0 Å². The normalized spacial score (nSPS) is 21.7. The van der Waals surface area contributed by atoms with Crippen molar-refractivity contribution in [3.8, 4) is 5.75 Å². The Morgan fingerprint density at radius 2 is 2.07 bits per heavy atom. The minimum atomic E-state index is 0.00601. The van der Waals surface area contributed by atoms with Gasteiger partial charge in [-0.1, -0.05) is 0 Å². The second kappa shape index (κ2) is 6.87. The number of carbonyl (C=O) groups is 1. The summed E-state index contributed by atoms with van der Waals surface area (Å²) in [4.78, 5) is 21.6. The Hall–Kier alpha value is -2.57. The molecule has 1 aliphatic carbocycles. The van der Waals surface area contributed by atoms with Crippen LogP contribution in [-0.2, 0) is 12.8 Å². The molecule has 27 heavy (non-hydrogen) atoms. The molecule has 2 saturated heterocycles. The number of nitrogens with one attached hydrogen (secondary N) is 1. The number of aryl methyl sites for hydroxylation is 1. The lowest BCUT2D eigenvalue weighted by Crippen LogP contribution is -2.32. The number of carbonyl (C=O) groups excluding carboxylic acids is 1. The van der Waals surface area contributed by atoms with Crippen LogP contribution >= 0.6 is 0 Å². The second-order valence-corrected chi connectivity index (χ2v) is 7.68. The van der Waals surface area contributed by atoms with Crippen molar-refractivity contribution in [2.24, 2.45) is 0 Å². The van der Waals surface area contributed by atoms with E-state index in [0.29, 0.717) is 18.8 Å². The Labute approximate surface area is 158 Å². The maximum atomic E-state index is 12.9. The Balaban J connectivity index is 1.27. The predicted molar refractivity (Wildman–Crippen MR) is 101 cm³/mol. The SMILES string of the molecule is O=C(c1n[nH]c2c1CCC2)N1CC[C@@H](Oc2cccnc2N2CCCC2)C1. The molecule has 2 fully saturated rings. The zero-order chi connectivity index (χ0) is 18.2. The summed E-state index contributed by atoms with van der Waals surface area (Å²) in [6, 6.07) is 3.91. The highest BCUT2D eigenvalue weighted by Crippen LogP contribution is 2.31. The van der Waals surface area contributed by atoms with E-state index in [1.807, 2.05) is 23.2 Å². The summed E-state index contributed by atoms with van der Waals surface area (Å²) < 4.78 is 6.28. The van der Waals surface area contributed by atoms with Gasteiger partial charge in [0.25, 0.3) is 5.91 Å². The molecule has 0 saturated carbocycles. The van der Waals surface area contributed by atoms with Crippen molar-refractivity contribution in [2.45, 2.75) is 44.6 Å². The summed E-state index contributed by atoms with van der Waals surface area (Å²) in [6.45, 7) is 3.39. The highest BCUT2D eigenvalue weighted by Gasteiger charge is 2.33. The molecule has 4 heterocycles. The largest absolute Gasteiger partial charge is 0.485 e. The number of amides is 1. The van der Waals surface area contributed by atoms with Crippen LogP contribution in [0.15, 0.2) is 18.3 Å². The number of H-pyrrole nitrogens is 1. The van der Waals surface area contributed by atoms with E-state index in [1.165, 1.54) is 12.8 Å². The number of anilines is 1. The van der Waals surface area contributed by atoms with Gasteiger partial charge in [0.15, 0.2) is 17.3 Å². The molecule has 3 aliphatic rings. The summed E-state index contributed by atoms with van der Waals surface area (Å²) in [7, 11) is 0. The highest BCUT2D eigenvalue weighted by atomic mass is 16.5. The first-order valence-electron chi connectivity index (χ1n) is 10.0. The molecule has 2 aliphatic heterocycles. The summed E-state index contributed by atoms with van der Waals surface area (Å²) in [6.07, 6.45) is 8.14. The van der Waals surface area contributed by atoms with Crippen molar-refractivity contribution in [3.63, 3.8) is 0 Å². The van der Waals surface area contributed by atoms with E-state index >= 15 is 0 Å². The van der Waals surface area contributed by atoms with Crippen molar-refractivity contribution >= 4 is 11.7 Å². The number of pyridine rings is 1. The number of rotatable bonds is 4. The monoisotopic (exact) mass is 367 g/mol. The number of likely N-dealkylation sites (tertiary alicyclic amines) is 1. The van der Waals surface area contributed by atoms with Crippen molar-refractivity contribution in [1.82, 2.24) is 20.1 Å². The van der Waals surface area contributed by atoms with Crippen LogP contribution in [0, 0.1) is 0 Å². The van der Waals surface area contributed by atoms with E-state index in [2.05, 4.69) is 20.1 Å². The highest BCUT2D eigenvalue weighted by molar-refractivity contribution is 5.94. The molecular formula is C20H25N5O2. The van der Waals surface area contributed by atoms with Crippen molar-refractivity contribution in [2.75, 3.05) is 31.1 Å². The Kier molecular flexibility index (Phi) is 4.22. The standard InChI is InChI=1S/C20H25N5O2/c26-20(18-15-5-3-6-16(15)22-23-18)25-12-8-14(13-25)27-17-7-4-9-21-19(17)24-10-1-2-11-24/h4,7,9,14H,1-3,5-6,8,10-13H2,(H,22,23)/t14-/m1/s1. The third kappa shape index (κ3) is 3.05. The fourth-order valence-electron chi connectivity index (χ4n) is 4.48. The van der Waals surface area contributed by atoms with Gasteiger partial charge >= 0.3 is 0 Å². The zero-order valence-corrected chi connectivity index (χ0v) is 15.5. The Morgan fingerprint density at radius 1 is 1.19 bits per heavy atom. The summed E-state index contributed by atoms with van der Waals surface area (Å²) >= 11 is 0. The first-order valence-corrected chi connectivity index (χ1v) is 10.0. The van der Waals surface area contributed by atoms with E-state index in [-0.39, 0.29) is 12.0 Å². The lowest BCUT2D eigenvalue weighted by atomic mass is 10.2. The van der Waals surface area contributed by atoms with Gasteiger partial charge in [-0.15, -0.1) is 0 Å². The van der Waals surface area contributed by atoms with Gasteiger partial charge in [0.05, 0.1) is 6.54 Å². The molecule has 1 N–H and O–H groups in total. The number of aromatic amines is 1. The van der Waals surface area contributed by atoms with Gasteiger partial charge in [-0.3, -0.25) is 9.89 Å². The van der Waals surface area contributed by atoms with E-state index in [0.717, 1.165) is 61.6 Å².